The van der Waals surface area contributed by atoms with Crippen molar-refractivity contribution < 1.29 is 14.3 Å². The molecule has 34 heavy (non-hydrogen) atoms. The van der Waals surface area contributed by atoms with E-state index in [1.165, 1.54) is 6.21 Å². The van der Waals surface area contributed by atoms with Crippen molar-refractivity contribution in [1.29, 1.82) is 5.41 Å². The van der Waals surface area contributed by atoms with Gasteiger partial charge in [-0.2, -0.15) is 0 Å². The van der Waals surface area contributed by atoms with Gasteiger partial charge in [-0.3, -0.25) is 9.59 Å². The van der Waals surface area contributed by atoms with Crippen molar-refractivity contribution >= 4 is 45.7 Å². The van der Waals surface area contributed by atoms with Crippen LogP contribution in [-0.4, -0.2) is 66.2 Å². The van der Waals surface area contributed by atoms with Crippen molar-refractivity contribution in [2.75, 3.05) is 38.7 Å². The number of morpholine rings is 1. The molecule has 1 aliphatic heterocycles. The third-order valence-electron chi connectivity index (χ3n) is 6.14. The molecule has 2 amide bonds. The lowest BCUT2D eigenvalue weighted by molar-refractivity contribution is 0.0303. The Morgan fingerprint density at radius 2 is 1.97 bits per heavy atom. The van der Waals surface area contributed by atoms with Crippen LogP contribution < -0.4 is 11.1 Å². The van der Waals surface area contributed by atoms with Gasteiger partial charge in [0.05, 0.1) is 35.5 Å². The highest BCUT2D eigenvalue weighted by molar-refractivity contribution is 6.14. The normalized spacial score (nSPS) is 13.9. The van der Waals surface area contributed by atoms with Gasteiger partial charge >= 0.3 is 0 Å². The summed E-state index contributed by atoms with van der Waals surface area (Å²) in [7, 11) is 1.79. The lowest BCUT2D eigenvalue weighted by Gasteiger charge is -2.26. The van der Waals surface area contributed by atoms with Crippen LogP contribution in [0.1, 0.15) is 26.3 Å². The van der Waals surface area contributed by atoms with Crippen LogP contribution in [0.5, 0.6) is 0 Å². The van der Waals surface area contributed by atoms with Crippen molar-refractivity contribution in [3.63, 3.8) is 0 Å². The van der Waals surface area contributed by atoms with Crippen molar-refractivity contribution in [3.05, 3.63) is 59.2 Å². The fourth-order valence-electron chi connectivity index (χ4n) is 4.35. The summed E-state index contributed by atoms with van der Waals surface area (Å²) in [5.74, 6) is -0.639. The van der Waals surface area contributed by atoms with Gasteiger partial charge in [0.2, 0.25) is 0 Å². The molecule has 9 nitrogen and oxygen atoms in total. The number of ether oxygens (including phenoxy) is 1. The maximum atomic E-state index is 12.9. The third-order valence-corrected chi connectivity index (χ3v) is 6.14. The number of carbonyl (C=O) groups is 2. The predicted octanol–water partition coefficient (Wildman–Crippen LogP) is 2.99. The van der Waals surface area contributed by atoms with Gasteiger partial charge in [0.25, 0.3) is 11.8 Å². The molecule has 2 aromatic heterocycles. The van der Waals surface area contributed by atoms with Crippen LogP contribution in [-0.2, 0) is 4.74 Å². The van der Waals surface area contributed by atoms with Gasteiger partial charge in [-0.1, -0.05) is 6.07 Å². The molecule has 0 unspecified atom stereocenters. The van der Waals surface area contributed by atoms with Crippen molar-refractivity contribution in [2.24, 2.45) is 5.73 Å². The van der Waals surface area contributed by atoms with E-state index in [0.29, 0.717) is 65.2 Å². The van der Waals surface area contributed by atoms with Crippen LogP contribution in [0.2, 0.25) is 0 Å². The molecule has 0 atom stereocenters. The van der Waals surface area contributed by atoms with Crippen molar-refractivity contribution in [3.8, 4) is 11.3 Å². The average molecular weight is 457 g/mol. The molecule has 5 rings (SSSR count). The fourth-order valence-corrected chi connectivity index (χ4v) is 4.35. The number of carbonyl (C=O) groups excluding carboxylic acids is 2. The zero-order valence-electron chi connectivity index (χ0n) is 18.6. The Kier molecular flexibility index (Phi) is 5.46. The number of rotatable bonds is 5. The summed E-state index contributed by atoms with van der Waals surface area (Å²) in [6, 6.07) is 12.6. The lowest BCUT2D eigenvalue weighted by Crippen LogP contribution is -2.40. The molecule has 0 aliphatic carbocycles. The molecule has 5 N–H and O–H groups in total. The number of primary amides is 1. The molecule has 1 fully saturated rings. The monoisotopic (exact) mass is 456 g/mol. The number of H-pyrrole nitrogens is 1. The highest BCUT2D eigenvalue weighted by atomic mass is 16.5. The summed E-state index contributed by atoms with van der Waals surface area (Å²) in [5, 5.41) is 11.5. The number of benzene rings is 2. The van der Waals surface area contributed by atoms with Gasteiger partial charge < -0.3 is 31.1 Å². The topological polar surface area (TPSA) is 137 Å². The summed E-state index contributed by atoms with van der Waals surface area (Å²) in [4.78, 5) is 35.1. The van der Waals surface area contributed by atoms with E-state index in [4.69, 9.17) is 20.9 Å². The quantitative estimate of drug-likeness (QED) is 0.342. The van der Waals surface area contributed by atoms with Crippen LogP contribution in [0, 0.1) is 5.41 Å². The largest absolute Gasteiger partial charge is 0.388 e. The van der Waals surface area contributed by atoms with Crippen LogP contribution in [0.15, 0.2) is 42.5 Å². The van der Waals surface area contributed by atoms with Gasteiger partial charge in [0.1, 0.15) is 0 Å². The van der Waals surface area contributed by atoms with Crippen molar-refractivity contribution in [2.45, 2.75) is 0 Å². The van der Waals surface area contributed by atoms with Crippen molar-refractivity contribution in [1.82, 2.24) is 14.9 Å². The Morgan fingerprint density at radius 3 is 2.68 bits per heavy atom. The molecular formula is C25H24N6O3. The first-order valence-corrected chi connectivity index (χ1v) is 11.0. The van der Waals surface area contributed by atoms with Crippen LogP contribution >= 0.6 is 0 Å². The molecule has 1 aliphatic rings. The lowest BCUT2D eigenvalue weighted by atomic mass is 10.0. The Hall–Kier alpha value is -4.24. The molecule has 0 radical (unpaired) electrons. The van der Waals surface area contributed by atoms with Gasteiger partial charge in [-0.15, -0.1) is 0 Å². The van der Waals surface area contributed by atoms with E-state index in [2.05, 4.69) is 10.3 Å². The first-order chi connectivity index (χ1) is 16.5. The van der Waals surface area contributed by atoms with Gasteiger partial charge in [-0.25, -0.2) is 4.98 Å². The molecule has 2 aromatic carbocycles. The molecule has 0 saturated carbocycles. The van der Waals surface area contributed by atoms with E-state index < -0.39 is 5.91 Å². The highest BCUT2D eigenvalue weighted by Crippen LogP contribution is 2.32. The second-order valence-electron chi connectivity index (χ2n) is 8.13. The van der Waals surface area contributed by atoms with Crippen LogP contribution in [0.3, 0.4) is 0 Å². The molecule has 0 bridgehead atoms. The zero-order chi connectivity index (χ0) is 23.8. The summed E-state index contributed by atoms with van der Waals surface area (Å²) in [6.45, 7) is 2.18. The Balaban J connectivity index is 1.64. The van der Waals surface area contributed by atoms with Crippen LogP contribution in [0.4, 0.5) is 5.69 Å². The first kappa shape index (κ1) is 21.6. The van der Waals surface area contributed by atoms with E-state index in [1.807, 2.05) is 24.3 Å². The zero-order valence-corrected chi connectivity index (χ0v) is 18.6. The Bertz CT molecular complexity index is 1450. The number of aromatic nitrogens is 2. The standard InChI is InChI=1S/C25H24N6O3/c1-28-19-5-3-14(10-16(19)13-26)20-12-18(24(27)32)23-22(29-20)17-4-2-15(11-21(17)30-23)25(33)31-6-8-34-9-7-31/h2-5,10-13,26,28,30H,6-9H2,1H3,(H2,27,32). The summed E-state index contributed by atoms with van der Waals surface area (Å²) in [6.07, 6.45) is 1.27. The fraction of sp³-hybridized carbons (Fsp3) is 0.200. The number of nitrogens with zero attached hydrogens (tertiary/aromatic N) is 2. The van der Waals surface area contributed by atoms with Gasteiger partial charge in [-0.05, 0) is 36.4 Å². The number of fused-ring (bicyclic) bond motifs is 3. The molecule has 172 valence electrons. The Labute approximate surface area is 195 Å². The second-order valence-corrected chi connectivity index (χ2v) is 8.13. The average Bonchev–Trinajstić information content (AvgIpc) is 3.25. The number of amides is 2. The minimum atomic E-state index is -0.580. The molecular weight excluding hydrogens is 432 g/mol. The van der Waals surface area contributed by atoms with Gasteiger partial charge in [0, 0.05) is 59.6 Å². The molecule has 3 heterocycles. The summed E-state index contributed by atoms with van der Waals surface area (Å²) < 4.78 is 5.34. The number of anilines is 1. The van der Waals surface area contributed by atoms with Gasteiger partial charge in [0.15, 0.2) is 0 Å². The number of nitrogens with one attached hydrogen (secondary N) is 3. The number of hydrogen-bond acceptors (Lipinski definition) is 6. The molecule has 1 saturated heterocycles. The van der Waals surface area contributed by atoms with E-state index in [-0.39, 0.29) is 5.91 Å². The van der Waals surface area contributed by atoms with E-state index in [9.17, 15) is 9.59 Å². The first-order valence-electron chi connectivity index (χ1n) is 11.0. The van der Waals surface area contributed by atoms with E-state index in [0.717, 1.165) is 16.6 Å². The molecule has 4 aromatic rings. The predicted molar refractivity (Wildman–Crippen MR) is 132 cm³/mol. The SMILES string of the molecule is CNc1ccc(-c2cc(C(N)=O)c3[nH]c4cc(C(=O)N5CCOCC5)ccc4c3n2)cc1C=N. The van der Waals surface area contributed by atoms with E-state index in [1.54, 1.807) is 30.1 Å². The smallest absolute Gasteiger partial charge is 0.254 e. The summed E-state index contributed by atoms with van der Waals surface area (Å²) in [5.41, 5.74) is 11.3. The molecule has 9 heteroatoms. The number of pyridine rings is 1. The van der Waals surface area contributed by atoms with Crippen LogP contribution in [0.25, 0.3) is 33.2 Å². The Morgan fingerprint density at radius 1 is 1.18 bits per heavy atom. The number of hydrogen-bond donors (Lipinski definition) is 4. The number of nitrogens with two attached hydrogens (primary N) is 1. The minimum Gasteiger partial charge on any atom is -0.388 e. The van der Waals surface area contributed by atoms with E-state index >= 15 is 0 Å². The highest BCUT2D eigenvalue weighted by Gasteiger charge is 2.21. The maximum absolute atomic E-state index is 12.9. The number of aromatic amines is 1. The minimum absolute atomic E-state index is 0.0589. The maximum Gasteiger partial charge on any atom is 0.254 e. The second kappa shape index (κ2) is 8.60. The molecule has 0 spiro atoms. The third kappa shape index (κ3) is 3.65. The summed E-state index contributed by atoms with van der Waals surface area (Å²) >= 11 is 0.